The van der Waals surface area contributed by atoms with Crippen molar-refractivity contribution in [2.75, 3.05) is 0 Å². The van der Waals surface area contributed by atoms with E-state index in [9.17, 15) is 4.79 Å². The molecule has 0 fully saturated rings. The van der Waals surface area contributed by atoms with Crippen molar-refractivity contribution < 1.29 is 9.53 Å². The van der Waals surface area contributed by atoms with Crippen molar-refractivity contribution in [3.8, 4) is 0 Å². The molecule has 1 atom stereocenters. The number of hydrogen-bond donors (Lipinski definition) is 0. The van der Waals surface area contributed by atoms with Crippen LogP contribution in [0, 0.1) is 0 Å². The predicted octanol–water partition coefficient (Wildman–Crippen LogP) is 9.75. The van der Waals surface area contributed by atoms with Gasteiger partial charge in [0.25, 0.3) is 0 Å². The molecular formula is C30H22O2S4. The third-order valence-corrected chi connectivity index (χ3v) is 11.8. The molecule has 0 aliphatic rings. The Kier molecular flexibility index (Phi) is 6.52. The first-order chi connectivity index (χ1) is 17.6. The monoisotopic (exact) mass is 542 g/mol. The van der Waals surface area contributed by atoms with Gasteiger partial charge in [0.05, 0.1) is 4.58 Å². The van der Waals surface area contributed by atoms with Crippen molar-refractivity contribution in [1.29, 1.82) is 0 Å². The first-order valence-corrected chi connectivity index (χ1v) is 15.0. The summed E-state index contributed by atoms with van der Waals surface area (Å²) in [5, 5.41) is 5.11. The summed E-state index contributed by atoms with van der Waals surface area (Å²) in [6, 6.07) is 30.1. The minimum absolute atomic E-state index is 0.0412. The van der Waals surface area contributed by atoms with Gasteiger partial charge in [-0.25, -0.2) is 4.79 Å². The predicted molar refractivity (Wildman–Crippen MR) is 160 cm³/mol. The van der Waals surface area contributed by atoms with Crippen LogP contribution in [0.3, 0.4) is 0 Å². The molecule has 0 saturated heterocycles. The van der Waals surface area contributed by atoms with Crippen LogP contribution >= 0.6 is 46.2 Å². The van der Waals surface area contributed by atoms with Gasteiger partial charge in [-0.1, -0.05) is 67.2 Å². The molecule has 36 heavy (non-hydrogen) atoms. The van der Waals surface area contributed by atoms with Gasteiger partial charge in [0, 0.05) is 56.2 Å². The number of esters is 1. The maximum absolute atomic E-state index is 12.1. The van der Waals surface area contributed by atoms with Gasteiger partial charge in [-0.2, -0.15) is 0 Å². The number of carbonyl (C=O) groups excluding carboxylic acids is 1. The van der Waals surface area contributed by atoms with E-state index in [0.717, 1.165) is 0 Å². The Hall–Kier alpha value is -2.77. The Morgan fingerprint density at radius 3 is 1.72 bits per heavy atom. The molecule has 6 aromatic rings. The van der Waals surface area contributed by atoms with E-state index in [1.807, 2.05) is 29.6 Å². The highest BCUT2D eigenvalue weighted by atomic mass is 32.2. The molecule has 0 saturated carbocycles. The molecule has 0 N–H and O–H groups in total. The maximum atomic E-state index is 12.1. The quantitative estimate of drug-likeness (QED) is 0.0868. The minimum atomic E-state index is -0.395. The van der Waals surface area contributed by atoms with Crippen molar-refractivity contribution in [3.63, 3.8) is 0 Å². The smallest absolute Gasteiger partial charge is 0.330 e. The Balaban J connectivity index is 1.42. The number of benzene rings is 4. The fraction of sp³-hybridized carbons (Fsp3) is 0.100. The molecular weight excluding hydrogens is 521 g/mol. The Morgan fingerprint density at radius 2 is 1.22 bits per heavy atom. The number of thioether (sulfide) groups is 2. The van der Waals surface area contributed by atoms with Gasteiger partial charge in [-0.15, -0.1) is 46.2 Å². The number of rotatable bonds is 7. The van der Waals surface area contributed by atoms with Crippen LogP contribution in [-0.2, 0) is 9.53 Å². The second-order valence-corrected chi connectivity index (χ2v) is 13.2. The summed E-state index contributed by atoms with van der Waals surface area (Å²) in [6.07, 6.45) is 0.919. The van der Waals surface area contributed by atoms with Gasteiger partial charge in [0.15, 0.2) is 0 Å². The Bertz CT molecular complexity index is 1630. The molecule has 4 aromatic carbocycles. The lowest BCUT2D eigenvalue weighted by atomic mass is 10.1. The second kappa shape index (κ2) is 9.94. The van der Waals surface area contributed by atoms with E-state index in [1.54, 1.807) is 23.5 Å². The number of carbonyl (C=O) groups is 1. The molecule has 0 aliphatic heterocycles. The maximum Gasteiger partial charge on any atom is 0.330 e. The van der Waals surface area contributed by atoms with Gasteiger partial charge in [0.1, 0.15) is 6.10 Å². The van der Waals surface area contributed by atoms with Gasteiger partial charge >= 0.3 is 5.97 Å². The third-order valence-electron chi connectivity index (χ3n) is 6.07. The number of hydrogen-bond acceptors (Lipinski definition) is 6. The molecule has 0 amide bonds. The van der Waals surface area contributed by atoms with E-state index in [1.165, 1.54) is 56.2 Å². The van der Waals surface area contributed by atoms with Gasteiger partial charge in [-0.05, 0) is 31.2 Å². The van der Waals surface area contributed by atoms with E-state index in [0.29, 0.717) is 0 Å². The summed E-state index contributed by atoms with van der Waals surface area (Å²) in [5.74, 6) is -0.395. The number of thiophene rings is 2. The molecule has 0 radical (unpaired) electrons. The highest BCUT2D eigenvalue weighted by molar-refractivity contribution is 8.17. The lowest BCUT2D eigenvalue weighted by molar-refractivity contribution is -0.141. The molecule has 0 spiro atoms. The largest absolute Gasteiger partial charge is 0.457 e. The van der Waals surface area contributed by atoms with Crippen LogP contribution in [0.25, 0.3) is 40.3 Å². The summed E-state index contributed by atoms with van der Waals surface area (Å²) in [4.78, 5) is 14.5. The zero-order valence-corrected chi connectivity index (χ0v) is 22.7. The molecule has 0 aliphatic carbocycles. The SMILES string of the molecule is C=CC(=O)OC(C)C(Sc1cccc2c1sc1ccccc12)Sc1cccc2c1sc1ccccc12. The van der Waals surface area contributed by atoms with Gasteiger partial charge < -0.3 is 4.74 Å². The van der Waals surface area contributed by atoms with Crippen molar-refractivity contribution in [1.82, 2.24) is 0 Å². The minimum Gasteiger partial charge on any atom is -0.457 e. The molecule has 0 bridgehead atoms. The van der Waals surface area contributed by atoms with Crippen LogP contribution < -0.4 is 0 Å². The second-order valence-electron chi connectivity index (χ2n) is 8.41. The van der Waals surface area contributed by atoms with Crippen molar-refractivity contribution in [3.05, 3.63) is 97.6 Å². The summed E-state index contributed by atoms with van der Waals surface area (Å²) < 4.78 is 10.8. The average Bonchev–Trinajstić information content (AvgIpc) is 3.48. The molecule has 6 heteroatoms. The molecule has 2 nitrogen and oxygen atoms in total. The zero-order valence-electron chi connectivity index (χ0n) is 19.5. The lowest BCUT2D eigenvalue weighted by Gasteiger charge is -2.23. The molecule has 2 heterocycles. The van der Waals surface area contributed by atoms with Crippen LogP contribution in [0.2, 0.25) is 0 Å². The van der Waals surface area contributed by atoms with Gasteiger partial charge in [-0.3, -0.25) is 0 Å². The first-order valence-electron chi connectivity index (χ1n) is 11.6. The highest BCUT2D eigenvalue weighted by Crippen LogP contribution is 2.47. The Labute approximate surface area is 226 Å². The fourth-order valence-electron chi connectivity index (χ4n) is 4.38. The van der Waals surface area contributed by atoms with Crippen LogP contribution in [0.15, 0.2) is 107 Å². The lowest BCUT2D eigenvalue weighted by Crippen LogP contribution is -2.23. The summed E-state index contributed by atoms with van der Waals surface area (Å²) in [6.45, 7) is 5.56. The van der Waals surface area contributed by atoms with Crippen LogP contribution in [-0.4, -0.2) is 16.7 Å². The van der Waals surface area contributed by atoms with E-state index in [2.05, 4.69) is 91.5 Å². The number of ether oxygens (including phenoxy) is 1. The third kappa shape index (κ3) is 4.33. The highest BCUT2D eigenvalue weighted by Gasteiger charge is 2.26. The van der Waals surface area contributed by atoms with E-state index >= 15 is 0 Å². The first kappa shape index (κ1) is 23.6. The zero-order chi connectivity index (χ0) is 24.6. The Morgan fingerprint density at radius 1 is 0.750 bits per heavy atom. The summed E-state index contributed by atoms with van der Waals surface area (Å²) in [7, 11) is 0. The average molecular weight is 543 g/mol. The van der Waals surface area contributed by atoms with E-state index in [-0.39, 0.29) is 10.7 Å². The van der Waals surface area contributed by atoms with Crippen LogP contribution in [0.1, 0.15) is 6.92 Å². The van der Waals surface area contributed by atoms with E-state index < -0.39 is 5.97 Å². The normalized spacial score (nSPS) is 12.6. The molecule has 178 valence electrons. The fourth-order valence-corrected chi connectivity index (χ4v) is 9.70. The van der Waals surface area contributed by atoms with Crippen molar-refractivity contribution in [2.24, 2.45) is 0 Å². The van der Waals surface area contributed by atoms with Crippen molar-refractivity contribution >= 4 is 92.5 Å². The van der Waals surface area contributed by atoms with Crippen molar-refractivity contribution in [2.45, 2.75) is 27.4 Å². The van der Waals surface area contributed by atoms with Crippen LogP contribution in [0.4, 0.5) is 0 Å². The standard InChI is InChI=1S/C30H22O2S4/c1-3-27(31)32-18(2)30(35-25-16-8-12-21-19-10-4-6-14-23(19)33-28(21)25)36-26-17-9-13-22-20-11-5-7-15-24(20)34-29(22)26/h3-18,30H,1H2,2H3. The van der Waals surface area contributed by atoms with E-state index in [4.69, 9.17) is 4.74 Å². The summed E-state index contributed by atoms with van der Waals surface area (Å²) >= 11 is 7.18. The molecule has 1 unspecified atom stereocenters. The number of fused-ring (bicyclic) bond motifs is 6. The summed E-state index contributed by atoms with van der Waals surface area (Å²) in [5.41, 5.74) is 0. The molecule has 2 aromatic heterocycles. The topological polar surface area (TPSA) is 26.3 Å². The molecule has 6 rings (SSSR count). The van der Waals surface area contributed by atoms with Crippen LogP contribution in [0.5, 0.6) is 0 Å². The van der Waals surface area contributed by atoms with Gasteiger partial charge in [0.2, 0.25) is 0 Å².